The molecule has 0 spiro atoms. The molecule has 0 bridgehead atoms. The van der Waals surface area contributed by atoms with E-state index in [9.17, 15) is 0 Å². The minimum atomic E-state index is 0.711. The lowest BCUT2D eigenvalue weighted by molar-refractivity contribution is 1.17. The Hall–Kier alpha value is -7.82. The zero-order chi connectivity index (χ0) is 38.2. The van der Waals surface area contributed by atoms with Gasteiger partial charge in [-0.15, -0.1) is 0 Å². The van der Waals surface area contributed by atoms with Gasteiger partial charge in [-0.1, -0.05) is 152 Å². The summed E-state index contributed by atoms with van der Waals surface area (Å²) >= 11 is 0. The SMILES string of the molecule is c1ccc(-c2cc(-c3cccc4cc(-n5c6ccccc6c6cc7c8ccccc8n(-c8ccc9ccccc9c8)c7cc65)ccc34)nc(-c3ccccc3)n2)cc1. The lowest BCUT2D eigenvalue weighted by Gasteiger charge is -2.14. The van der Waals surface area contributed by atoms with Crippen LogP contribution in [0, 0.1) is 0 Å². The van der Waals surface area contributed by atoms with E-state index in [1.807, 2.05) is 24.3 Å². The summed E-state index contributed by atoms with van der Waals surface area (Å²) < 4.78 is 4.87. The van der Waals surface area contributed by atoms with Crippen LogP contribution < -0.4 is 0 Å². The van der Waals surface area contributed by atoms with Crippen LogP contribution in [0.4, 0.5) is 0 Å². The van der Waals surface area contributed by atoms with E-state index >= 15 is 0 Å². The molecule has 0 saturated carbocycles. The lowest BCUT2D eigenvalue weighted by Crippen LogP contribution is -1.97. The quantitative estimate of drug-likeness (QED) is 0.176. The predicted octanol–water partition coefficient (Wildman–Crippen LogP) is 14.0. The maximum Gasteiger partial charge on any atom is 0.160 e. The second-order valence-electron chi connectivity index (χ2n) is 15.0. The molecule has 0 saturated heterocycles. The third kappa shape index (κ3) is 5.09. The molecule has 9 aromatic carbocycles. The van der Waals surface area contributed by atoms with Gasteiger partial charge < -0.3 is 9.13 Å². The van der Waals surface area contributed by atoms with Gasteiger partial charge in [0.15, 0.2) is 5.82 Å². The van der Waals surface area contributed by atoms with E-state index in [0.717, 1.165) is 50.2 Å². The van der Waals surface area contributed by atoms with E-state index in [4.69, 9.17) is 9.97 Å². The monoisotopic (exact) mass is 738 g/mol. The highest BCUT2D eigenvalue weighted by Crippen LogP contribution is 2.41. The molecule has 58 heavy (non-hydrogen) atoms. The number of hydrogen-bond donors (Lipinski definition) is 0. The molecule has 0 fully saturated rings. The number of hydrogen-bond acceptors (Lipinski definition) is 2. The van der Waals surface area contributed by atoms with E-state index in [2.05, 4.69) is 191 Å². The molecule has 0 aliphatic carbocycles. The van der Waals surface area contributed by atoms with Crippen molar-refractivity contribution >= 4 is 65.2 Å². The van der Waals surface area contributed by atoms with Crippen molar-refractivity contribution in [2.45, 2.75) is 0 Å². The summed E-state index contributed by atoms with van der Waals surface area (Å²) in [5.74, 6) is 0.711. The topological polar surface area (TPSA) is 35.6 Å². The molecule has 0 aliphatic heterocycles. The lowest BCUT2D eigenvalue weighted by atomic mass is 9.99. The van der Waals surface area contributed by atoms with Gasteiger partial charge in [0.2, 0.25) is 0 Å². The zero-order valence-electron chi connectivity index (χ0n) is 31.4. The molecule has 3 heterocycles. The van der Waals surface area contributed by atoms with Gasteiger partial charge in [-0.25, -0.2) is 9.97 Å². The molecule has 4 nitrogen and oxygen atoms in total. The van der Waals surface area contributed by atoms with Crippen molar-refractivity contribution in [3.8, 4) is 45.3 Å². The van der Waals surface area contributed by atoms with Crippen molar-refractivity contribution in [3.05, 3.63) is 206 Å². The Bertz CT molecular complexity index is 3500. The van der Waals surface area contributed by atoms with E-state index in [0.29, 0.717) is 5.82 Å². The summed E-state index contributed by atoms with van der Waals surface area (Å²) in [5, 5.41) is 9.72. The van der Waals surface area contributed by atoms with Crippen LogP contribution in [0.15, 0.2) is 206 Å². The maximum atomic E-state index is 5.18. The average Bonchev–Trinajstić information content (AvgIpc) is 3.80. The van der Waals surface area contributed by atoms with Crippen LogP contribution in [0.25, 0.3) is 110 Å². The second kappa shape index (κ2) is 12.9. The maximum absolute atomic E-state index is 5.18. The number of para-hydroxylation sites is 2. The molecule has 0 radical (unpaired) electrons. The minimum absolute atomic E-state index is 0.711. The zero-order valence-corrected chi connectivity index (χ0v) is 31.4. The highest BCUT2D eigenvalue weighted by atomic mass is 15.0. The standard InChI is InChI=1S/C54H34N4/c1-3-15-36(16-4-1)48-33-49(56-54(55-48)37-17-5-2-6-18-37)43-23-13-20-39-31-41(28-29-42(39)43)58-51-25-12-10-22-45(51)47-32-46-44-21-9-11-24-50(44)57(52(46)34-53(47)58)40-27-26-35-14-7-8-19-38(35)30-40/h1-34H. The van der Waals surface area contributed by atoms with Crippen LogP contribution >= 0.6 is 0 Å². The number of nitrogens with zero attached hydrogens (tertiary/aromatic N) is 4. The Labute approximate surface area is 334 Å². The fourth-order valence-corrected chi connectivity index (χ4v) is 8.99. The Morgan fingerprint density at radius 1 is 0.293 bits per heavy atom. The first-order valence-corrected chi connectivity index (χ1v) is 19.7. The van der Waals surface area contributed by atoms with Gasteiger partial charge >= 0.3 is 0 Å². The van der Waals surface area contributed by atoms with Crippen LogP contribution in [-0.4, -0.2) is 19.1 Å². The van der Waals surface area contributed by atoms with Gasteiger partial charge in [0.25, 0.3) is 0 Å². The van der Waals surface area contributed by atoms with Crippen molar-refractivity contribution < 1.29 is 0 Å². The molecule has 4 heteroatoms. The molecule has 12 aromatic rings. The highest BCUT2D eigenvalue weighted by molar-refractivity contribution is 6.19. The van der Waals surface area contributed by atoms with Crippen LogP contribution in [0.1, 0.15) is 0 Å². The molecule has 12 rings (SSSR count). The van der Waals surface area contributed by atoms with Crippen molar-refractivity contribution in [2.24, 2.45) is 0 Å². The van der Waals surface area contributed by atoms with Gasteiger partial charge in [-0.3, -0.25) is 0 Å². The molecular weight excluding hydrogens is 705 g/mol. The number of aromatic nitrogens is 4. The summed E-state index contributed by atoms with van der Waals surface area (Å²) in [4.78, 5) is 10.2. The average molecular weight is 739 g/mol. The second-order valence-corrected chi connectivity index (χ2v) is 15.0. The minimum Gasteiger partial charge on any atom is -0.309 e. The van der Waals surface area contributed by atoms with Gasteiger partial charge in [-0.2, -0.15) is 0 Å². The Balaban J connectivity index is 1.07. The highest BCUT2D eigenvalue weighted by Gasteiger charge is 2.19. The third-order valence-electron chi connectivity index (χ3n) is 11.7. The molecule has 0 atom stereocenters. The first kappa shape index (κ1) is 32.4. The van der Waals surface area contributed by atoms with Crippen LogP contribution in [-0.2, 0) is 0 Å². The summed E-state index contributed by atoms with van der Waals surface area (Å²) in [7, 11) is 0. The molecule has 0 amide bonds. The molecule has 270 valence electrons. The molecule has 0 aliphatic rings. The van der Waals surface area contributed by atoms with E-state index < -0.39 is 0 Å². The summed E-state index contributed by atoms with van der Waals surface area (Å²) in [6.07, 6.45) is 0. The number of rotatable bonds is 5. The van der Waals surface area contributed by atoms with Gasteiger partial charge in [0.1, 0.15) is 0 Å². The van der Waals surface area contributed by atoms with Gasteiger partial charge in [0.05, 0.1) is 33.5 Å². The molecule has 0 unspecified atom stereocenters. The first-order chi connectivity index (χ1) is 28.7. The number of benzene rings is 9. The van der Waals surface area contributed by atoms with Crippen molar-refractivity contribution in [1.82, 2.24) is 19.1 Å². The Morgan fingerprint density at radius 3 is 1.55 bits per heavy atom. The summed E-state index contributed by atoms with van der Waals surface area (Å²) in [5.41, 5.74) is 11.9. The van der Waals surface area contributed by atoms with E-state index in [1.54, 1.807) is 0 Å². The third-order valence-corrected chi connectivity index (χ3v) is 11.7. The molecular formula is C54H34N4. The fourth-order valence-electron chi connectivity index (χ4n) is 8.99. The largest absolute Gasteiger partial charge is 0.309 e. The van der Waals surface area contributed by atoms with Crippen LogP contribution in [0.3, 0.4) is 0 Å². The molecule has 0 N–H and O–H groups in total. The predicted molar refractivity (Wildman–Crippen MR) is 242 cm³/mol. The van der Waals surface area contributed by atoms with Crippen molar-refractivity contribution in [3.63, 3.8) is 0 Å². The Morgan fingerprint density at radius 2 is 0.845 bits per heavy atom. The van der Waals surface area contributed by atoms with E-state index in [1.165, 1.54) is 54.4 Å². The first-order valence-electron chi connectivity index (χ1n) is 19.7. The van der Waals surface area contributed by atoms with Gasteiger partial charge in [0, 0.05) is 49.6 Å². The van der Waals surface area contributed by atoms with Crippen LogP contribution in [0.2, 0.25) is 0 Å². The summed E-state index contributed by atoms with van der Waals surface area (Å²) in [6, 6.07) is 73.9. The van der Waals surface area contributed by atoms with Crippen LogP contribution in [0.5, 0.6) is 0 Å². The normalized spacial score (nSPS) is 11.8. The van der Waals surface area contributed by atoms with Crippen molar-refractivity contribution in [1.29, 1.82) is 0 Å². The summed E-state index contributed by atoms with van der Waals surface area (Å²) in [6.45, 7) is 0. The fraction of sp³-hybridized carbons (Fsp3) is 0. The van der Waals surface area contributed by atoms with Crippen molar-refractivity contribution in [2.75, 3.05) is 0 Å². The smallest absolute Gasteiger partial charge is 0.160 e. The Kier molecular flexibility index (Phi) is 7.20. The molecule has 3 aromatic heterocycles. The van der Waals surface area contributed by atoms with E-state index in [-0.39, 0.29) is 0 Å². The number of fused-ring (bicyclic) bond motifs is 8. The van der Waals surface area contributed by atoms with Gasteiger partial charge in [-0.05, 0) is 76.1 Å².